The maximum absolute atomic E-state index is 11.7. The predicted octanol–water partition coefficient (Wildman–Crippen LogP) is 2.07. The van der Waals surface area contributed by atoms with E-state index in [9.17, 15) is 9.59 Å². The fourth-order valence-corrected chi connectivity index (χ4v) is 2.56. The van der Waals surface area contributed by atoms with Gasteiger partial charge in [-0.05, 0) is 29.4 Å². The van der Waals surface area contributed by atoms with E-state index >= 15 is 0 Å². The second-order valence-corrected chi connectivity index (χ2v) is 5.67. The lowest BCUT2D eigenvalue weighted by atomic mass is 10.2. The summed E-state index contributed by atoms with van der Waals surface area (Å²) < 4.78 is 0. The number of carbonyl (C=O) groups is 2. The van der Waals surface area contributed by atoms with Gasteiger partial charge in [0, 0.05) is 0 Å². The Morgan fingerprint density at radius 1 is 1.59 bits per heavy atom. The van der Waals surface area contributed by atoms with Crippen molar-refractivity contribution in [3.63, 3.8) is 0 Å². The van der Waals surface area contributed by atoms with E-state index in [2.05, 4.69) is 5.32 Å². The van der Waals surface area contributed by atoms with Gasteiger partial charge in [0.05, 0.1) is 4.88 Å². The summed E-state index contributed by atoms with van der Waals surface area (Å²) in [5, 5.41) is 13.3. The van der Waals surface area contributed by atoms with Gasteiger partial charge in [-0.15, -0.1) is 11.3 Å². The van der Waals surface area contributed by atoms with Crippen LogP contribution in [-0.2, 0) is 4.79 Å². The number of rotatable bonds is 7. The molecule has 0 saturated carbocycles. The zero-order valence-corrected chi connectivity index (χ0v) is 11.1. The minimum Gasteiger partial charge on any atom is -0.480 e. The van der Waals surface area contributed by atoms with Crippen LogP contribution in [0.3, 0.4) is 0 Å². The van der Waals surface area contributed by atoms with Crippen molar-refractivity contribution in [1.82, 2.24) is 5.32 Å². The molecule has 1 aromatic heterocycles. The van der Waals surface area contributed by atoms with Gasteiger partial charge in [-0.2, -0.15) is 11.8 Å². The highest BCUT2D eigenvalue weighted by Gasteiger charge is 2.20. The largest absolute Gasteiger partial charge is 0.480 e. The molecular weight excluding hydrogens is 258 g/mol. The number of carboxylic acids is 1. The topological polar surface area (TPSA) is 66.4 Å². The number of amides is 1. The molecule has 1 amide bonds. The molecule has 0 radical (unpaired) electrons. The lowest BCUT2D eigenvalue weighted by molar-refractivity contribution is -0.139. The number of nitrogens with one attached hydrogen (secondary N) is 1. The molecule has 1 atom stereocenters. The van der Waals surface area contributed by atoms with Gasteiger partial charge in [-0.1, -0.05) is 13.0 Å². The van der Waals surface area contributed by atoms with Gasteiger partial charge >= 0.3 is 5.97 Å². The molecule has 0 bridgehead atoms. The van der Waals surface area contributed by atoms with Crippen LogP contribution >= 0.6 is 23.1 Å². The van der Waals surface area contributed by atoms with Gasteiger partial charge in [-0.25, -0.2) is 4.79 Å². The fraction of sp³-hybridized carbons (Fsp3) is 0.455. The average molecular weight is 273 g/mol. The summed E-state index contributed by atoms with van der Waals surface area (Å²) in [5.74, 6) is 0.393. The minimum atomic E-state index is -0.980. The molecule has 17 heavy (non-hydrogen) atoms. The summed E-state index contributed by atoms with van der Waals surface area (Å²) in [4.78, 5) is 23.2. The molecule has 1 aromatic rings. The molecule has 0 aliphatic heterocycles. The first-order chi connectivity index (χ1) is 8.15. The number of hydrogen-bond acceptors (Lipinski definition) is 4. The summed E-state index contributed by atoms with van der Waals surface area (Å²) in [6, 6.07) is 2.64. The van der Waals surface area contributed by atoms with E-state index in [1.807, 2.05) is 6.92 Å². The van der Waals surface area contributed by atoms with Crippen LogP contribution in [-0.4, -0.2) is 34.5 Å². The van der Waals surface area contributed by atoms with Crippen molar-refractivity contribution in [2.75, 3.05) is 11.5 Å². The van der Waals surface area contributed by atoms with Crippen LogP contribution < -0.4 is 5.32 Å². The molecule has 0 aromatic carbocycles. The number of carbonyl (C=O) groups excluding carboxylic acids is 1. The lowest BCUT2D eigenvalue weighted by Crippen LogP contribution is -2.40. The van der Waals surface area contributed by atoms with Gasteiger partial charge in [0.15, 0.2) is 0 Å². The van der Waals surface area contributed by atoms with E-state index in [1.165, 1.54) is 11.3 Å². The molecule has 1 unspecified atom stereocenters. The Morgan fingerprint density at radius 3 is 2.88 bits per heavy atom. The summed E-state index contributed by atoms with van der Waals surface area (Å²) in [7, 11) is 0. The summed E-state index contributed by atoms with van der Waals surface area (Å²) in [5.41, 5.74) is 0. The highest BCUT2D eigenvalue weighted by atomic mass is 32.2. The Morgan fingerprint density at radius 2 is 2.35 bits per heavy atom. The Hall–Kier alpha value is -1.01. The molecule has 6 heteroatoms. The Labute approximate surface area is 108 Å². The molecule has 1 heterocycles. The number of hydrogen-bond donors (Lipinski definition) is 2. The van der Waals surface area contributed by atoms with Crippen molar-refractivity contribution in [2.45, 2.75) is 19.4 Å². The zero-order valence-electron chi connectivity index (χ0n) is 9.51. The normalized spacial score (nSPS) is 12.1. The molecule has 0 fully saturated rings. The summed E-state index contributed by atoms with van der Waals surface area (Å²) in [6.07, 6.45) is 0.449. The van der Waals surface area contributed by atoms with Crippen LogP contribution in [0.2, 0.25) is 0 Å². The van der Waals surface area contributed by atoms with Crippen molar-refractivity contribution in [3.8, 4) is 0 Å². The van der Waals surface area contributed by atoms with Crippen molar-refractivity contribution in [3.05, 3.63) is 22.4 Å². The number of aliphatic carboxylic acids is 1. The first-order valence-electron chi connectivity index (χ1n) is 5.30. The second kappa shape index (κ2) is 7.34. The van der Waals surface area contributed by atoms with Crippen LogP contribution in [0, 0.1) is 0 Å². The number of carboxylic acid groups (broad SMARTS) is 1. The smallest absolute Gasteiger partial charge is 0.326 e. The number of thiophene rings is 1. The standard InChI is InChI=1S/C11H15NO3S2/c1-2-16-7-5-8(11(14)15)12-10(13)9-4-3-6-17-9/h3-4,6,8H,2,5,7H2,1H3,(H,12,13)(H,14,15). The first kappa shape index (κ1) is 14.1. The third kappa shape index (κ3) is 4.79. The monoisotopic (exact) mass is 273 g/mol. The Balaban J connectivity index is 2.49. The molecule has 0 aliphatic carbocycles. The van der Waals surface area contributed by atoms with E-state index < -0.39 is 12.0 Å². The quantitative estimate of drug-likeness (QED) is 0.746. The van der Waals surface area contributed by atoms with Crippen LogP contribution in [0.25, 0.3) is 0 Å². The van der Waals surface area contributed by atoms with Crippen LogP contribution in [0.1, 0.15) is 23.0 Å². The van der Waals surface area contributed by atoms with E-state index in [1.54, 1.807) is 29.3 Å². The second-order valence-electron chi connectivity index (χ2n) is 3.33. The molecule has 0 saturated heterocycles. The van der Waals surface area contributed by atoms with E-state index in [-0.39, 0.29) is 5.91 Å². The number of thioether (sulfide) groups is 1. The average Bonchev–Trinajstić information content (AvgIpc) is 2.81. The molecule has 1 rings (SSSR count). The van der Waals surface area contributed by atoms with E-state index in [0.29, 0.717) is 11.3 Å². The predicted molar refractivity (Wildman–Crippen MR) is 70.8 cm³/mol. The van der Waals surface area contributed by atoms with Gasteiger partial charge < -0.3 is 10.4 Å². The molecule has 0 aliphatic rings. The van der Waals surface area contributed by atoms with E-state index in [4.69, 9.17) is 5.11 Å². The van der Waals surface area contributed by atoms with Gasteiger partial charge in [0.1, 0.15) is 6.04 Å². The van der Waals surface area contributed by atoms with Gasteiger partial charge in [0.25, 0.3) is 5.91 Å². The van der Waals surface area contributed by atoms with Crippen molar-refractivity contribution in [2.24, 2.45) is 0 Å². The molecule has 0 spiro atoms. The lowest BCUT2D eigenvalue weighted by Gasteiger charge is -2.13. The Bertz CT molecular complexity index is 365. The van der Waals surface area contributed by atoms with Gasteiger partial charge in [0.2, 0.25) is 0 Å². The maximum Gasteiger partial charge on any atom is 0.326 e. The third-order valence-corrected chi connectivity index (χ3v) is 3.90. The van der Waals surface area contributed by atoms with Gasteiger partial charge in [-0.3, -0.25) is 4.79 Å². The highest BCUT2D eigenvalue weighted by molar-refractivity contribution is 7.99. The van der Waals surface area contributed by atoms with Crippen molar-refractivity contribution >= 4 is 35.0 Å². The molecule has 4 nitrogen and oxygen atoms in total. The van der Waals surface area contributed by atoms with Crippen molar-refractivity contribution < 1.29 is 14.7 Å². The summed E-state index contributed by atoms with van der Waals surface area (Å²) in [6.45, 7) is 2.02. The van der Waals surface area contributed by atoms with Crippen LogP contribution in [0.5, 0.6) is 0 Å². The maximum atomic E-state index is 11.7. The summed E-state index contributed by atoms with van der Waals surface area (Å²) >= 11 is 2.97. The SMILES string of the molecule is CCSCCC(NC(=O)c1cccs1)C(=O)O. The molecule has 2 N–H and O–H groups in total. The van der Waals surface area contributed by atoms with E-state index in [0.717, 1.165) is 11.5 Å². The third-order valence-electron chi connectivity index (χ3n) is 2.10. The fourth-order valence-electron chi connectivity index (χ4n) is 1.24. The van der Waals surface area contributed by atoms with Crippen LogP contribution in [0.15, 0.2) is 17.5 Å². The minimum absolute atomic E-state index is 0.311. The van der Waals surface area contributed by atoms with Crippen LogP contribution in [0.4, 0.5) is 0 Å². The van der Waals surface area contributed by atoms with Crippen molar-refractivity contribution in [1.29, 1.82) is 0 Å². The molecular formula is C11H15NO3S2. The zero-order chi connectivity index (χ0) is 12.7. The first-order valence-corrected chi connectivity index (χ1v) is 7.33. The highest BCUT2D eigenvalue weighted by Crippen LogP contribution is 2.10. The Kier molecular flexibility index (Phi) is 6.07. The molecule has 94 valence electrons.